The van der Waals surface area contributed by atoms with Gasteiger partial charge in [-0.25, -0.2) is 0 Å². The highest BCUT2D eigenvalue weighted by Gasteiger charge is 2.30. The molecule has 2 aromatic carbocycles. The lowest BCUT2D eigenvalue weighted by Gasteiger charge is -2.06. The quantitative estimate of drug-likeness (QED) is 0.806. The molecule has 3 nitrogen and oxygen atoms in total. The number of phenolic OH excluding ortho intramolecular Hbond substituents is 1. The Labute approximate surface area is 141 Å². The van der Waals surface area contributed by atoms with Crippen molar-refractivity contribution in [2.45, 2.75) is 6.18 Å². The molecule has 0 unspecified atom stereocenters. The summed E-state index contributed by atoms with van der Waals surface area (Å²) < 4.78 is 37.7. The van der Waals surface area contributed by atoms with Crippen molar-refractivity contribution >= 4 is 17.5 Å². The molecule has 2 aromatic rings. The first-order valence-electron chi connectivity index (χ1n) is 6.70. The number of rotatable bonds is 2. The van der Waals surface area contributed by atoms with Crippen LogP contribution in [-0.4, -0.2) is 17.6 Å². The lowest BCUT2D eigenvalue weighted by molar-refractivity contribution is -0.137. The molecular formula is C17H11ClF3NO2. The van der Waals surface area contributed by atoms with Gasteiger partial charge in [-0.3, -0.25) is 4.79 Å². The van der Waals surface area contributed by atoms with E-state index < -0.39 is 17.6 Å². The second kappa shape index (κ2) is 7.28. The molecule has 0 spiro atoms. The van der Waals surface area contributed by atoms with Gasteiger partial charge in [-0.2, -0.15) is 13.2 Å². The zero-order valence-electron chi connectivity index (χ0n) is 12.1. The van der Waals surface area contributed by atoms with E-state index in [0.29, 0.717) is 0 Å². The highest BCUT2D eigenvalue weighted by atomic mass is 35.5. The number of carbonyl (C=O) groups is 1. The molecule has 0 fully saturated rings. The normalized spacial score (nSPS) is 10.7. The average molecular weight is 354 g/mol. The molecule has 2 N–H and O–H groups in total. The van der Waals surface area contributed by atoms with Crippen LogP contribution in [-0.2, 0) is 6.18 Å². The highest BCUT2D eigenvalue weighted by Crippen LogP contribution is 2.29. The SMILES string of the molecule is O=C(NCC#Cc1cccc(C(F)(F)F)c1)c1cc(Cl)ccc1O. The average Bonchev–Trinajstić information content (AvgIpc) is 2.53. The largest absolute Gasteiger partial charge is 0.507 e. The Kier molecular flexibility index (Phi) is 5.37. The first-order valence-corrected chi connectivity index (χ1v) is 7.08. The van der Waals surface area contributed by atoms with Gasteiger partial charge in [0.1, 0.15) is 5.75 Å². The number of hydrogen-bond acceptors (Lipinski definition) is 2. The number of aromatic hydroxyl groups is 1. The third kappa shape index (κ3) is 4.67. The number of benzene rings is 2. The van der Waals surface area contributed by atoms with Crippen LogP contribution >= 0.6 is 11.6 Å². The number of nitrogens with one attached hydrogen (secondary N) is 1. The molecule has 0 atom stereocenters. The monoisotopic (exact) mass is 353 g/mol. The fourth-order valence-electron chi connectivity index (χ4n) is 1.83. The third-order valence-electron chi connectivity index (χ3n) is 2.96. The van der Waals surface area contributed by atoms with E-state index in [1.807, 2.05) is 0 Å². The van der Waals surface area contributed by atoms with Gasteiger partial charge in [-0.1, -0.05) is 29.5 Å². The Morgan fingerprint density at radius 3 is 2.67 bits per heavy atom. The van der Waals surface area contributed by atoms with E-state index in [4.69, 9.17) is 11.6 Å². The molecule has 0 heterocycles. The minimum Gasteiger partial charge on any atom is -0.507 e. The van der Waals surface area contributed by atoms with E-state index in [9.17, 15) is 23.1 Å². The summed E-state index contributed by atoms with van der Waals surface area (Å²) >= 11 is 5.74. The van der Waals surface area contributed by atoms with E-state index in [2.05, 4.69) is 17.2 Å². The van der Waals surface area contributed by atoms with E-state index in [1.54, 1.807) is 0 Å². The summed E-state index contributed by atoms with van der Waals surface area (Å²) in [6, 6.07) is 8.59. The summed E-state index contributed by atoms with van der Waals surface area (Å²) in [7, 11) is 0. The minimum atomic E-state index is -4.43. The highest BCUT2D eigenvalue weighted by molar-refractivity contribution is 6.31. The first-order chi connectivity index (χ1) is 11.3. The molecule has 2 rings (SSSR count). The molecule has 0 aliphatic rings. The van der Waals surface area contributed by atoms with Gasteiger partial charge in [-0.15, -0.1) is 0 Å². The number of hydrogen-bond donors (Lipinski definition) is 2. The van der Waals surface area contributed by atoms with E-state index in [-0.39, 0.29) is 28.4 Å². The van der Waals surface area contributed by atoms with Crippen molar-refractivity contribution in [2.75, 3.05) is 6.54 Å². The van der Waals surface area contributed by atoms with E-state index >= 15 is 0 Å². The molecule has 0 bridgehead atoms. The number of amides is 1. The first kappa shape index (κ1) is 17.7. The van der Waals surface area contributed by atoms with Crippen LogP contribution in [0, 0.1) is 11.8 Å². The van der Waals surface area contributed by atoms with Crippen LogP contribution in [0.4, 0.5) is 13.2 Å². The van der Waals surface area contributed by atoms with Gasteiger partial charge in [0, 0.05) is 10.6 Å². The van der Waals surface area contributed by atoms with Crippen LogP contribution in [0.15, 0.2) is 42.5 Å². The Morgan fingerprint density at radius 1 is 1.21 bits per heavy atom. The van der Waals surface area contributed by atoms with Gasteiger partial charge in [0.15, 0.2) is 0 Å². The van der Waals surface area contributed by atoms with Crippen LogP contribution in [0.2, 0.25) is 5.02 Å². The maximum absolute atomic E-state index is 12.6. The fourth-order valence-corrected chi connectivity index (χ4v) is 2.00. The van der Waals surface area contributed by atoms with E-state index in [1.165, 1.54) is 30.3 Å². The summed E-state index contributed by atoms with van der Waals surface area (Å²) in [6.45, 7) is -0.0962. The number of halogens is 4. The van der Waals surface area contributed by atoms with Crippen LogP contribution in [0.3, 0.4) is 0 Å². The summed E-state index contributed by atoms with van der Waals surface area (Å²) in [4.78, 5) is 11.9. The summed E-state index contributed by atoms with van der Waals surface area (Å²) in [5, 5.41) is 12.3. The zero-order valence-corrected chi connectivity index (χ0v) is 12.9. The number of alkyl halides is 3. The number of phenols is 1. The molecule has 1 amide bonds. The van der Waals surface area contributed by atoms with Crippen molar-refractivity contribution in [3.8, 4) is 17.6 Å². The van der Waals surface area contributed by atoms with Crippen molar-refractivity contribution in [1.82, 2.24) is 5.32 Å². The van der Waals surface area contributed by atoms with Crippen molar-refractivity contribution < 1.29 is 23.1 Å². The standard InChI is InChI=1S/C17H11ClF3NO2/c18-13-6-7-15(23)14(10-13)16(24)22-8-2-4-11-3-1-5-12(9-11)17(19,20)21/h1,3,5-7,9-10,23H,8H2,(H,22,24). The summed E-state index contributed by atoms with van der Waals surface area (Å²) in [6.07, 6.45) is -4.43. The molecule has 124 valence electrons. The zero-order chi connectivity index (χ0) is 17.7. The van der Waals surface area contributed by atoms with Crippen molar-refractivity contribution in [3.05, 3.63) is 64.2 Å². The van der Waals surface area contributed by atoms with E-state index in [0.717, 1.165) is 12.1 Å². The van der Waals surface area contributed by atoms with Gasteiger partial charge in [0.2, 0.25) is 0 Å². The maximum Gasteiger partial charge on any atom is 0.416 e. The van der Waals surface area contributed by atoms with Crippen LogP contribution in [0.5, 0.6) is 5.75 Å². The smallest absolute Gasteiger partial charge is 0.416 e. The van der Waals surface area contributed by atoms with Crippen LogP contribution < -0.4 is 5.32 Å². The molecule has 0 aliphatic heterocycles. The van der Waals surface area contributed by atoms with Gasteiger partial charge in [-0.05, 0) is 36.4 Å². The van der Waals surface area contributed by atoms with Crippen molar-refractivity contribution in [1.29, 1.82) is 0 Å². The summed E-state index contributed by atoms with van der Waals surface area (Å²) in [5.74, 6) is 4.26. The summed E-state index contributed by atoms with van der Waals surface area (Å²) in [5.41, 5.74) is -0.616. The topological polar surface area (TPSA) is 49.3 Å². The molecule has 0 aromatic heterocycles. The van der Waals surface area contributed by atoms with Crippen molar-refractivity contribution in [2.24, 2.45) is 0 Å². The molecular weight excluding hydrogens is 343 g/mol. The van der Waals surface area contributed by atoms with Gasteiger partial charge < -0.3 is 10.4 Å². The Bertz CT molecular complexity index is 823. The predicted molar refractivity (Wildman–Crippen MR) is 83.8 cm³/mol. The molecule has 0 aliphatic carbocycles. The molecule has 0 radical (unpaired) electrons. The second-order valence-electron chi connectivity index (χ2n) is 4.72. The van der Waals surface area contributed by atoms with Gasteiger partial charge >= 0.3 is 6.18 Å². The Hall–Kier alpha value is -2.65. The lowest BCUT2D eigenvalue weighted by Crippen LogP contribution is -2.23. The van der Waals surface area contributed by atoms with Crippen LogP contribution in [0.1, 0.15) is 21.5 Å². The third-order valence-corrected chi connectivity index (χ3v) is 3.20. The Balaban J connectivity index is 2.02. The van der Waals surface area contributed by atoms with Crippen molar-refractivity contribution in [3.63, 3.8) is 0 Å². The fraction of sp³-hybridized carbons (Fsp3) is 0.118. The maximum atomic E-state index is 12.6. The molecule has 0 saturated carbocycles. The van der Waals surface area contributed by atoms with Crippen LogP contribution in [0.25, 0.3) is 0 Å². The van der Waals surface area contributed by atoms with Gasteiger partial charge in [0.05, 0.1) is 17.7 Å². The lowest BCUT2D eigenvalue weighted by atomic mass is 10.1. The molecule has 24 heavy (non-hydrogen) atoms. The molecule has 0 saturated heterocycles. The number of carbonyl (C=O) groups excluding carboxylic acids is 1. The second-order valence-corrected chi connectivity index (χ2v) is 5.16. The molecule has 7 heteroatoms. The minimum absolute atomic E-state index is 0.0108. The van der Waals surface area contributed by atoms with Gasteiger partial charge in [0.25, 0.3) is 5.91 Å². The Morgan fingerprint density at radius 2 is 1.96 bits per heavy atom. The predicted octanol–water partition coefficient (Wildman–Crippen LogP) is 3.85.